The largest absolute Gasteiger partial charge is 0.481 e. The molecule has 0 bridgehead atoms. The molecule has 8 heteroatoms. The van der Waals surface area contributed by atoms with E-state index < -0.39 is 17.7 Å². The van der Waals surface area contributed by atoms with E-state index in [1.807, 2.05) is 6.92 Å². The van der Waals surface area contributed by atoms with Gasteiger partial charge in [0.15, 0.2) is 0 Å². The zero-order valence-electron chi connectivity index (χ0n) is 14.6. The lowest BCUT2D eigenvalue weighted by molar-refractivity contribution is -0.164. The van der Waals surface area contributed by atoms with E-state index in [1.165, 1.54) is 0 Å². The van der Waals surface area contributed by atoms with Crippen LogP contribution in [0.4, 0.5) is 11.8 Å². The van der Waals surface area contributed by atoms with Gasteiger partial charge in [-0.15, -0.1) is 0 Å². The third-order valence-corrected chi connectivity index (χ3v) is 5.33. The Bertz CT molecular complexity index is 644. The number of rotatable bonds is 4. The standard InChI is InChI=1S/C17H26N4O4/c1-11-12(4-5-14(23)24)15(20-16(18)19-11)21-8-6-17(7-9-21)13(22)3-2-10-25-17/h13,22H,2-10H2,1H3,(H,23,24)(H2,18,19,20)/t13-/m0/s1. The van der Waals surface area contributed by atoms with Crippen molar-refractivity contribution in [1.29, 1.82) is 0 Å². The molecule has 8 nitrogen and oxygen atoms in total. The highest BCUT2D eigenvalue weighted by atomic mass is 16.5. The highest BCUT2D eigenvalue weighted by Crippen LogP contribution is 2.37. The van der Waals surface area contributed by atoms with Crippen LogP contribution < -0.4 is 10.6 Å². The number of nitrogen functional groups attached to an aromatic ring is 1. The third-order valence-electron chi connectivity index (χ3n) is 5.33. The Labute approximate surface area is 147 Å². The molecule has 1 aromatic rings. The first-order chi connectivity index (χ1) is 11.9. The van der Waals surface area contributed by atoms with Crippen molar-refractivity contribution in [3.63, 3.8) is 0 Å². The number of nitrogens with two attached hydrogens (primary N) is 1. The molecule has 4 N–H and O–H groups in total. The summed E-state index contributed by atoms with van der Waals surface area (Å²) in [6.45, 7) is 3.90. The topological polar surface area (TPSA) is 122 Å². The van der Waals surface area contributed by atoms with Crippen molar-refractivity contribution in [3.8, 4) is 0 Å². The van der Waals surface area contributed by atoms with Gasteiger partial charge in [0, 0.05) is 37.4 Å². The van der Waals surface area contributed by atoms with Crippen molar-refractivity contribution in [3.05, 3.63) is 11.3 Å². The second kappa shape index (κ2) is 7.13. The molecule has 1 spiro atoms. The van der Waals surface area contributed by atoms with Gasteiger partial charge in [-0.2, -0.15) is 4.98 Å². The van der Waals surface area contributed by atoms with Gasteiger partial charge in [-0.25, -0.2) is 4.98 Å². The van der Waals surface area contributed by atoms with E-state index in [1.54, 1.807) is 0 Å². The molecule has 1 aromatic heterocycles. The first kappa shape index (κ1) is 17.9. The van der Waals surface area contributed by atoms with Gasteiger partial charge < -0.3 is 25.6 Å². The molecular weight excluding hydrogens is 324 g/mol. The molecule has 3 rings (SSSR count). The van der Waals surface area contributed by atoms with Crippen LogP contribution in [0, 0.1) is 6.92 Å². The van der Waals surface area contributed by atoms with Crippen LogP contribution in [0.25, 0.3) is 0 Å². The predicted octanol–water partition coefficient (Wildman–Crippen LogP) is 0.895. The van der Waals surface area contributed by atoms with Crippen LogP contribution in [-0.2, 0) is 16.0 Å². The number of hydrogen-bond acceptors (Lipinski definition) is 7. The molecule has 0 amide bonds. The molecular formula is C17H26N4O4. The zero-order chi connectivity index (χ0) is 18.0. The fourth-order valence-corrected chi connectivity index (χ4v) is 3.87. The van der Waals surface area contributed by atoms with Crippen LogP contribution in [0.5, 0.6) is 0 Å². The summed E-state index contributed by atoms with van der Waals surface area (Å²) in [4.78, 5) is 21.6. The Morgan fingerprint density at radius 3 is 2.76 bits per heavy atom. The maximum absolute atomic E-state index is 11.0. The molecule has 1 atom stereocenters. The van der Waals surface area contributed by atoms with Gasteiger partial charge in [0.1, 0.15) is 5.82 Å². The van der Waals surface area contributed by atoms with Gasteiger partial charge in [-0.3, -0.25) is 4.79 Å². The summed E-state index contributed by atoms with van der Waals surface area (Å²) in [6, 6.07) is 0. The second-order valence-corrected chi connectivity index (χ2v) is 6.92. The number of anilines is 2. The molecule has 2 fully saturated rings. The summed E-state index contributed by atoms with van der Waals surface area (Å²) in [5.41, 5.74) is 6.92. The summed E-state index contributed by atoms with van der Waals surface area (Å²) >= 11 is 0. The van der Waals surface area contributed by atoms with Crippen molar-refractivity contribution in [2.24, 2.45) is 0 Å². The van der Waals surface area contributed by atoms with Crippen LogP contribution >= 0.6 is 0 Å². The van der Waals surface area contributed by atoms with Crippen molar-refractivity contribution in [2.75, 3.05) is 30.3 Å². The number of nitrogens with zero attached hydrogens (tertiary/aromatic N) is 3. The zero-order valence-corrected chi connectivity index (χ0v) is 14.6. The van der Waals surface area contributed by atoms with Crippen molar-refractivity contribution >= 4 is 17.7 Å². The third kappa shape index (κ3) is 3.69. The average Bonchev–Trinajstić information content (AvgIpc) is 2.57. The summed E-state index contributed by atoms with van der Waals surface area (Å²) in [7, 11) is 0. The monoisotopic (exact) mass is 350 g/mol. The number of ether oxygens (including phenoxy) is 1. The minimum atomic E-state index is -0.849. The van der Waals surface area contributed by atoms with Crippen LogP contribution in [0.15, 0.2) is 0 Å². The summed E-state index contributed by atoms with van der Waals surface area (Å²) in [6.07, 6.45) is 3.09. The SMILES string of the molecule is Cc1nc(N)nc(N2CCC3(CC2)OCCC[C@@H]3O)c1CCC(=O)O. The molecule has 0 aromatic carbocycles. The Morgan fingerprint density at radius 2 is 2.12 bits per heavy atom. The van der Waals surface area contributed by atoms with Crippen LogP contribution in [0.2, 0.25) is 0 Å². The van der Waals surface area contributed by atoms with Crippen LogP contribution in [0.1, 0.15) is 43.4 Å². The number of aliphatic carboxylic acids is 1. The second-order valence-electron chi connectivity index (χ2n) is 6.92. The van der Waals surface area contributed by atoms with Crippen molar-refractivity contribution in [1.82, 2.24) is 9.97 Å². The summed E-state index contributed by atoms with van der Waals surface area (Å²) < 4.78 is 5.95. The lowest BCUT2D eigenvalue weighted by atomic mass is 9.82. The fraction of sp³-hybridized carbons (Fsp3) is 0.706. The number of aromatic nitrogens is 2. The van der Waals surface area contributed by atoms with Gasteiger partial charge >= 0.3 is 5.97 Å². The number of hydrogen-bond donors (Lipinski definition) is 3. The molecule has 2 aliphatic heterocycles. The maximum atomic E-state index is 11.0. The van der Waals surface area contributed by atoms with Crippen LogP contribution in [0.3, 0.4) is 0 Å². The molecule has 0 radical (unpaired) electrons. The highest BCUT2D eigenvalue weighted by molar-refractivity contribution is 5.68. The Morgan fingerprint density at radius 1 is 1.40 bits per heavy atom. The molecule has 25 heavy (non-hydrogen) atoms. The van der Waals surface area contributed by atoms with E-state index in [9.17, 15) is 9.90 Å². The normalized spacial score (nSPS) is 23.0. The predicted molar refractivity (Wildman–Crippen MR) is 92.5 cm³/mol. The van der Waals surface area contributed by atoms with E-state index in [-0.39, 0.29) is 12.4 Å². The van der Waals surface area contributed by atoms with E-state index in [0.717, 1.165) is 36.9 Å². The Balaban J connectivity index is 1.79. The van der Waals surface area contributed by atoms with E-state index >= 15 is 0 Å². The molecule has 0 unspecified atom stereocenters. The number of aliphatic hydroxyl groups is 1. The molecule has 2 aliphatic rings. The van der Waals surface area contributed by atoms with Crippen LogP contribution in [-0.4, -0.2) is 57.6 Å². The molecule has 3 heterocycles. The molecule has 138 valence electrons. The minimum Gasteiger partial charge on any atom is -0.481 e. The quantitative estimate of drug-likeness (QED) is 0.732. The van der Waals surface area contributed by atoms with Crippen molar-refractivity contribution < 1.29 is 19.7 Å². The first-order valence-electron chi connectivity index (χ1n) is 8.83. The van der Waals surface area contributed by atoms with E-state index in [0.29, 0.717) is 31.9 Å². The molecule has 0 aliphatic carbocycles. The van der Waals surface area contributed by atoms with E-state index in [4.69, 9.17) is 15.6 Å². The van der Waals surface area contributed by atoms with Gasteiger partial charge in [0.2, 0.25) is 5.95 Å². The average molecular weight is 350 g/mol. The highest BCUT2D eigenvalue weighted by Gasteiger charge is 2.44. The van der Waals surface area contributed by atoms with E-state index in [2.05, 4.69) is 14.9 Å². The summed E-state index contributed by atoms with van der Waals surface area (Å²) in [5, 5.41) is 19.4. The number of carbonyl (C=O) groups is 1. The maximum Gasteiger partial charge on any atom is 0.303 e. The smallest absolute Gasteiger partial charge is 0.303 e. The van der Waals surface area contributed by atoms with Crippen molar-refractivity contribution in [2.45, 2.75) is 57.2 Å². The number of aryl methyl sites for hydroxylation is 1. The van der Waals surface area contributed by atoms with Gasteiger partial charge in [0.05, 0.1) is 11.7 Å². The Kier molecular flexibility index (Phi) is 5.10. The number of aliphatic hydroxyl groups excluding tert-OH is 1. The lowest BCUT2D eigenvalue weighted by Gasteiger charge is -2.47. The van der Waals surface area contributed by atoms with Gasteiger partial charge in [-0.1, -0.05) is 0 Å². The lowest BCUT2D eigenvalue weighted by Crippen LogP contribution is -2.55. The minimum absolute atomic E-state index is 0.0285. The fourth-order valence-electron chi connectivity index (χ4n) is 3.87. The number of piperidine rings is 1. The van der Waals surface area contributed by atoms with Gasteiger partial charge in [-0.05, 0) is 39.0 Å². The Hall–Kier alpha value is -1.93. The first-order valence-corrected chi connectivity index (χ1v) is 8.83. The number of carboxylic acids is 1. The number of carboxylic acid groups (broad SMARTS) is 1. The van der Waals surface area contributed by atoms with Gasteiger partial charge in [0.25, 0.3) is 0 Å². The molecule has 0 saturated carbocycles. The summed E-state index contributed by atoms with van der Waals surface area (Å²) in [5.74, 6) is 0.0608. The molecule has 2 saturated heterocycles.